The lowest BCUT2D eigenvalue weighted by Gasteiger charge is -2.09. The SMILES string of the molecule is COc1ccc(CCN=C(N)NC2CC2c2ccc(Br)cc2)cc1OC. The molecule has 0 heterocycles. The van der Waals surface area contributed by atoms with E-state index in [-0.39, 0.29) is 0 Å². The van der Waals surface area contributed by atoms with E-state index in [1.807, 2.05) is 18.2 Å². The van der Waals surface area contributed by atoms with Gasteiger partial charge in [-0.05, 0) is 48.2 Å². The Morgan fingerprint density at radius 2 is 1.88 bits per heavy atom. The predicted molar refractivity (Wildman–Crippen MR) is 108 cm³/mol. The second-order valence-corrected chi connectivity index (χ2v) is 7.27. The highest BCUT2D eigenvalue weighted by atomic mass is 79.9. The van der Waals surface area contributed by atoms with Crippen LogP contribution in [0.15, 0.2) is 51.9 Å². The fourth-order valence-corrected chi connectivity index (χ4v) is 3.27. The van der Waals surface area contributed by atoms with Crippen LogP contribution in [-0.2, 0) is 6.42 Å². The molecule has 2 aromatic rings. The number of rotatable bonds is 7. The quantitative estimate of drug-likeness (QED) is 0.534. The first kappa shape index (κ1) is 18.6. The molecule has 2 aromatic carbocycles. The zero-order valence-corrected chi connectivity index (χ0v) is 16.6. The molecule has 1 fully saturated rings. The van der Waals surface area contributed by atoms with Gasteiger partial charge in [0.2, 0.25) is 0 Å². The standard InChI is InChI=1S/C20H24BrN3O2/c1-25-18-8-3-13(11-19(18)26-2)9-10-23-20(22)24-17-12-16(17)14-4-6-15(21)7-5-14/h3-8,11,16-17H,9-10,12H2,1-2H3,(H3,22,23,24). The van der Waals surface area contributed by atoms with Gasteiger partial charge in [-0.15, -0.1) is 0 Å². The van der Waals surface area contributed by atoms with Gasteiger partial charge in [0.15, 0.2) is 17.5 Å². The topological polar surface area (TPSA) is 68.9 Å². The molecule has 0 amide bonds. The summed E-state index contributed by atoms with van der Waals surface area (Å²) in [7, 11) is 3.27. The predicted octanol–water partition coefficient (Wildman–Crippen LogP) is 3.47. The smallest absolute Gasteiger partial charge is 0.188 e. The van der Waals surface area contributed by atoms with Gasteiger partial charge < -0.3 is 20.5 Å². The van der Waals surface area contributed by atoms with E-state index in [2.05, 4.69) is 50.5 Å². The summed E-state index contributed by atoms with van der Waals surface area (Å²) < 4.78 is 11.7. The summed E-state index contributed by atoms with van der Waals surface area (Å²) in [5, 5.41) is 3.32. The molecule has 0 spiro atoms. The van der Waals surface area contributed by atoms with E-state index < -0.39 is 0 Å². The molecule has 0 aromatic heterocycles. The lowest BCUT2D eigenvalue weighted by molar-refractivity contribution is 0.354. The van der Waals surface area contributed by atoms with Gasteiger partial charge >= 0.3 is 0 Å². The number of aliphatic imine (C=N–C) groups is 1. The van der Waals surface area contributed by atoms with Crippen LogP contribution in [0.25, 0.3) is 0 Å². The average molecular weight is 418 g/mol. The van der Waals surface area contributed by atoms with Gasteiger partial charge in [0.1, 0.15) is 0 Å². The molecule has 0 radical (unpaired) electrons. The highest BCUT2D eigenvalue weighted by Gasteiger charge is 2.38. The monoisotopic (exact) mass is 417 g/mol. The van der Waals surface area contributed by atoms with Gasteiger partial charge in [-0.1, -0.05) is 34.1 Å². The Bertz CT molecular complexity index is 777. The second-order valence-electron chi connectivity index (χ2n) is 6.35. The Morgan fingerprint density at radius 1 is 1.15 bits per heavy atom. The first-order chi connectivity index (χ1) is 12.6. The zero-order valence-electron chi connectivity index (χ0n) is 15.0. The minimum absolute atomic E-state index is 0.376. The van der Waals surface area contributed by atoms with E-state index in [4.69, 9.17) is 15.2 Å². The summed E-state index contributed by atoms with van der Waals surface area (Å²) in [6, 6.07) is 14.7. The van der Waals surface area contributed by atoms with E-state index in [0.717, 1.165) is 34.4 Å². The molecule has 0 bridgehead atoms. The Hall–Kier alpha value is -2.21. The third-order valence-electron chi connectivity index (χ3n) is 4.55. The van der Waals surface area contributed by atoms with Crippen molar-refractivity contribution in [2.75, 3.05) is 20.8 Å². The van der Waals surface area contributed by atoms with E-state index in [1.54, 1.807) is 14.2 Å². The maximum Gasteiger partial charge on any atom is 0.188 e. The minimum Gasteiger partial charge on any atom is -0.493 e. The van der Waals surface area contributed by atoms with Crippen LogP contribution in [0, 0.1) is 0 Å². The van der Waals surface area contributed by atoms with Gasteiger partial charge in [-0.3, -0.25) is 4.99 Å². The number of nitrogens with two attached hydrogens (primary N) is 1. The fourth-order valence-electron chi connectivity index (χ4n) is 3.01. The molecule has 6 heteroatoms. The highest BCUT2D eigenvalue weighted by Crippen LogP contribution is 2.40. The van der Waals surface area contributed by atoms with Crippen LogP contribution >= 0.6 is 15.9 Å². The van der Waals surface area contributed by atoms with Crippen molar-refractivity contribution in [3.63, 3.8) is 0 Å². The lowest BCUT2D eigenvalue weighted by atomic mass is 10.1. The number of hydrogen-bond donors (Lipinski definition) is 2. The Labute approximate surface area is 162 Å². The summed E-state index contributed by atoms with van der Waals surface area (Å²) in [4.78, 5) is 4.44. The molecule has 5 nitrogen and oxygen atoms in total. The van der Waals surface area contributed by atoms with Crippen molar-refractivity contribution < 1.29 is 9.47 Å². The largest absolute Gasteiger partial charge is 0.493 e. The third kappa shape index (κ3) is 4.69. The second kappa shape index (κ2) is 8.45. The van der Waals surface area contributed by atoms with Crippen molar-refractivity contribution in [1.29, 1.82) is 0 Å². The van der Waals surface area contributed by atoms with Crippen molar-refractivity contribution in [3.8, 4) is 11.5 Å². The van der Waals surface area contributed by atoms with Gasteiger partial charge in [0, 0.05) is 23.0 Å². The molecule has 1 aliphatic rings. The van der Waals surface area contributed by atoms with Gasteiger partial charge in [-0.2, -0.15) is 0 Å². The molecule has 2 atom stereocenters. The number of benzene rings is 2. The zero-order chi connectivity index (χ0) is 18.5. The maximum atomic E-state index is 6.03. The molecule has 1 saturated carbocycles. The van der Waals surface area contributed by atoms with Crippen molar-refractivity contribution in [1.82, 2.24) is 5.32 Å². The first-order valence-electron chi connectivity index (χ1n) is 8.63. The van der Waals surface area contributed by atoms with Crippen LogP contribution in [0.4, 0.5) is 0 Å². The number of methoxy groups -OCH3 is 2. The molecular formula is C20H24BrN3O2. The first-order valence-corrected chi connectivity index (χ1v) is 9.43. The van der Waals surface area contributed by atoms with E-state index >= 15 is 0 Å². The van der Waals surface area contributed by atoms with E-state index in [9.17, 15) is 0 Å². The fraction of sp³-hybridized carbons (Fsp3) is 0.350. The van der Waals surface area contributed by atoms with Crippen LogP contribution in [0.3, 0.4) is 0 Å². The Morgan fingerprint density at radius 3 is 2.58 bits per heavy atom. The summed E-state index contributed by atoms with van der Waals surface area (Å²) in [6.07, 6.45) is 1.89. The molecule has 3 N–H and O–H groups in total. The third-order valence-corrected chi connectivity index (χ3v) is 5.08. The summed E-state index contributed by atoms with van der Waals surface area (Å²) in [5.74, 6) is 2.49. The van der Waals surface area contributed by atoms with Crippen LogP contribution in [0.5, 0.6) is 11.5 Å². The normalized spacial score (nSPS) is 19.1. The molecule has 138 valence electrons. The number of ether oxygens (including phenoxy) is 2. The van der Waals surface area contributed by atoms with Crippen molar-refractivity contribution in [2.45, 2.75) is 24.8 Å². The summed E-state index contributed by atoms with van der Waals surface area (Å²) in [6.45, 7) is 0.629. The van der Waals surface area contributed by atoms with E-state index in [1.165, 1.54) is 5.56 Å². The number of guanidine groups is 1. The van der Waals surface area contributed by atoms with Crippen molar-refractivity contribution >= 4 is 21.9 Å². The number of hydrogen-bond acceptors (Lipinski definition) is 3. The molecule has 2 unspecified atom stereocenters. The highest BCUT2D eigenvalue weighted by molar-refractivity contribution is 9.10. The molecule has 26 heavy (non-hydrogen) atoms. The van der Waals surface area contributed by atoms with Crippen molar-refractivity contribution in [2.24, 2.45) is 10.7 Å². The summed E-state index contributed by atoms with van der Waals surface area (Å²) in [5.41, 5.74) is 8.51. The van der Waals surface area contributed by atoms with Crippen LogP contribution in [-0.4, -0.2) is 32.8 Å². The van der Waals surface area contributed by atoms with Crippen LogP contribution in [0.2, 0.25) is 0 Å². The number of halogens is 1. The molecule has 0 saturated heterocycles. The van der Waals surface area contributed by atoms with Crippen LogP contribution < -0.4 is 20.5 Å². The van der Waals surface area contributed by atoms with Gasteiger partial charge in [0.05, 0.1) is 14.2 Å². The van der Waals surface area contributed by atoms with Crippen molar-refractivity contribution in [3.05, 3.63) is 58.1 Å². The summed E-state index contributed by atoms with van der Waals surface area (Å²) >= 11 is 3.47. The maximum absolute atomic E-state index is 6.03. The van der Waals surface area contributed by atoms with E-state index in [0.29, 0.717) is 24.5 Å². The van der Waals surface area contributed by atoms with Gasteiger partial charge in [-0.25, -0.2) is 0 Å². The molecular weight excluding hydrogens is 394 g/mol. The van der Waals surface area contributed by atoms with Crippen LogP contribution in [0.1, 0.15) is 23.5 Å². The lowest BCUT2D eigenvalue weighted by Crippen LogP contribution is -2.34. The Balaban J connectivity index is 1.48. The number of nitrogens with one attached hydrogen (secondary N) is 1. The number of nitrogens with zero attached hydrogens (tertiary/aromatic N) is 1. The molecule has 0 aliphatic heterocycles. The minimum atomic E-state index is 0.376. The molecule has 3 rings (SSSR count). The molecule has 1 aliphatic carbocycles. The Kier molecular flexibility index (Phi) is 6.04. The van der Waals surface area contributed by atoms with Gasteiger partial charge in [0.25, 0.3) is 0 Å². The average Bonchev–Trinajstić information content (AvgIpc) is 3.41.